The minimum Gasteiger partial charge on any atom is -0.477 e. The van der Waals surface area contributed by atoms with Crippen LogP contribution in [0.2, 0.25) is 0 Å². The Bertz CT molecular complexity index is 493. The van der Waals surface area contributed by atoms with Crippen LogP contribution < -0.4 is 5.32 Å². The fraction of sp³-hybridized carbons (Fsp3) is 0.200. The molecule has 0 fully saturated rings. The van der Waals surface area contributed by atoms with Crippen molar-refractivity contribution in [3.63, 3.8) is 0 Å². The Kier molecular flexibility index (Phi) is 3.10. The second kappa shape index (κ2) is 4.71. The molecule has 0 aromatic carbocycles. The molecule has 0 saturated carbocycles. The molecule has 7 heteroatoms. The van der Waals surface area contributed by atoms with Crippen molar-refractivity contribution in [1.29, 1.82) is 0 Å². The van der Waals surface area contributed by atoms with Crippen LogP contribution in [0.5, 0.6) is 0 Å². The second-order valence-electron chi connectivity index (χ2n) is 3.22. The van der Waals surface area contributed by atoms with Crippen LogP contribution in [0.15, 0.2) is 28.5 Å². The van der Waals surface area contributed by atoms with Crippen LogP contribution in [0, 0.1) is 0 Å². The van der Waals surface area contributed by atoms with Crippen LogP contribution in [-0.4, -0.2) is 41.4 Å². The molecule has 1 aromatic heterocycles. The molecule has 1 aliphatic rings. The van der Waals surface area contributed by atoms with Gasteiger partial charge < -0.3 is 9.84 Å². The van der Waals surface area contributed by atoms with E-state index in [4.69, 9.17) is 9.84 Å². The topological polar surface area (TPSA) is 98.2 Å². The average Bonchev–Trinajstić information content (AvgIpc) is 2.78. The molecule has 1 N–H and O–H groups in total. The van der Waals surface area contributed by atoms with Crippen molar-refractivity contribution in [3.8, 4) is 0 Å². The maximum Gasteiger partial charge on any atom is 0.354 e. The molecule has 1 aromatic rings. The van der Waals surface area contributed by atoms with Gasteiger partial charge in [0, 0.05) is 18.9 Å². The molecule has 0 bridgehead atoms. The van der Waals surface area contributed by atoms with Crippen molar-refractivity contribution < 1.29 is 14.6 Å². The van der Waals surface area contributed by atoms with Gasteiger partial charge >= 0.3 is 5.97 Å². The van der Waals surface area contributed by atoms with Gasteiger partial charge in [-0.25, -0.2) is 15.1 Å². The quantitative estimate of drug-likeness (QED) is 0.797. The highest BCUT2D eigenvalue weighted by molar-refractivity contribution is 6.11. The molecule has 7 nitrogen and oxygen atoms in total. The molecule has 0 spiro atoms. The van der Waals surface area contributed by atoms with E-state index in [2.05, 4.69) is 20.5 Å². The van der Waals surface area contributed by atoms with Gasteiger partial charge in [-0.05, 0) is 12.1 Å². The summed E-state index contributed by atoms with van der Waals surface area (Å²) in [4.78, 5) is 14.4. The first kappa shape index (κ1) is 11.2. The van der Waals surface area contributed by atoms with E-state index in [9.17, 15) is 4.79 Å². The van der Waals surface area contributed by atoms with E-state index in [0.29, 0.717) is 17.2 Å². The molecule has 0 atom stereocenters. The van der Waals surface area contributed by atoms with Gasteiger partial charge in [-0.1, -0.05) is 0 Å². The minimum atomic E-state index is -1.07. The molecule has 0 aliphatic carbocycles. The predicted molar refractivity (Wildman–Crippen MR) is 59.2 cm³/mol. The van der Waals surface area contributed by atoms with Gasteiger partial charge in [0.05, 0.1) is 0 Å². The lowest BCUT2D eigenvalue weighted by Crippen LogP contribution is -2.23. The number of hydrogen-bond acceptors (Lipinski definition) is 5. The largest absolute Gasteiger partial charge is 0.477 e. The molecule has 0 saturated heterocycles. The van der Waals surface area contributed by atoms with Gasteiger partial charge in [0.25, 0.3) is 0 Å². The summed E-state index contributed by atoms with van der Waals surface area (Å²) in [7, 11) is 1.54. The third-order valence-corrected chi connectivity index (χ3v) is 2.01. The lowest BCUT2D eigenvalue weighted by Gasteiger charge is -2.01. The van der Waals surface area contributed by atoms with Gasteiger partial charge in [-0.3, -0.25) is 0 Å². The fourth-order valence-electron chi connectivity index (χ4n) is 1.24. The third kappa shape index (κ3) is 2.45. The van der Waals surface area contributed by atoms with Crippen LogP contribution in [0.25, 0.3) is 0 Å². The first-order valence-corrected chi connectivity index (χ1v) is 4.75. The summed E-state index contributed by atoms with van der Waals surface area (Å²) in [5.41, 5.74) is 0.593. The molecule has 0 unspecified atom stereocenters. The molecular weight excluding hydrogens is 224 g/mol. The molecule has 2 heterocycles. The van der Waals surface area contributed by atoms with Gasteiger partial charge in [-0.15, -0.1) is 10.2 Å². The van der Waals surface area contributed by atoms with E-state index in [-0.39, 0.29) is 12.3 Å². The number of pyridine rings is 1. The van der Waals surface area contributed by atoms with E-state index in [1.54, 1.807) is 13.2 Å². The number of rotatable bonds is 4. The number of amidine groups is 2. The Morgan fingerprint density at radius 2 is 2.24 bits per heavy atom. The Labute approximate surface area is 96.8 Å². The predicted octanol–water partition coefficient (Wildman–Crippen LogP) is 0.104. The zero-order valence-corrected chi connectivity index (χ0v) is 8.99. The fourth-order valence-corrected chi connectivity index (χ4v) is 1.24. The zero-order valence-electron chi connectivity index (χ0n) is 8.99. The second-order valence-corrected chi connectivity index (χ2v) is 3.22. The molecule has 0 amide bonds. The summed E-state index contributed by atoms with van der Waals surface area (Å²) < 4.78 is 4.87. The van der Waals surface area contributed by atoms with Crippen LogP contribution in [0.3, 0.4) is 0 Å². The maximum absolute atomic E-state index is 10.6. The number of aromatic carboxylic acids is 1. The Balaban J connectivity index is 2.08. The highest BCUT2D eigenvalue weighted by atomic mass is 16.5. The number of carboxylic acids is 1. The molecule has 87 valence electrons. The Morgan fingerprint density at radius 1 is 1.41 bits per heavy atom. The first-order valence-electron chi connectivity index (χ1n) is 4.75. The summed E-state index contributed by atoms with van der Waals surface area (Å²) in [6.07, 6.45) is 1.40. The smallest absolute Gasteiger partial charge is 0.354 e. The summed E-state index contributed by atoms with van der Waals surface area (Å²) in [5, 5.41) is 20.5. The lowest BCUT2D eigenvalue weighted by atomic mass is 10.2. The van der Waals surface area contributed by atoms with Crippen molar-refractivity contribution in [2.24, 2.45) is 10.2 Å². The minimum absolute atomic E-state index is 0.0228. The van der Waals surface area contributed by atoms with E-state index in [1.165, 1.54) is 12.3 Å². The summed E-state index contributed by atoms with van der Waals surface area (Å²) in [6.45, 7) is 0.285. The first-order chi connectivity index (χ1) is 8.20. The Hall–Kier alpha value is -2.28. The van der Waals surface area contributed by atoms with Crippen LogP contribution in [-0.2, 0) is 4.74 Å². The number of carbonyl (C=O) groups is 1. The molecule has 2 rings (SSSR count). The zero-order chi connectivity index (χ0) is 12.3. The number of carboxylic acid groups (broad SMARTS) is 1. The van der Waals surface area contributed by atoms with Gasteiger partial charge in [0.2, 0.25) is 0 Å². The van der Waals surface area contributed by atoms with E-state index >= 15 is 0 Å². The summed E-state index contributed by atoms with van der Waals surface area (Å²) in [6, 6.07) is 2.98. The van der Waals surface area contributed by atoms with Gasteiger partial charge in [0.15, 0.2) is 11.7 Å². The number of methoxy groups -OCH3 is 1. The van der Waals surface area contributed by atoms with Gasteiger partial charge in [0.1, 0.15) is 12.3 Å². The SMILES string of the molecule is COCC1=NN=C(c2ccc(C(=O)O)nc2)[N]1. The van der Waals surface area contributed by atoms with Crippen LogP contribution in [0.4, 0.5) is 0 Å². The average molecular weight is 233 g/mol. The monoisotopic (exact) mass is 233 g/mol. The lowest BCUT2D eigenvalue weighted by molar-refractivity contribution is 0.0690. The third-order valence-electron chi connectivity index (χ3n) is 2.01. The highest BCUT2D eigenvalue weighted by Crippen LogP contribution is 2.06. The standard InChI is InChI=1S/C10H9N4O3/c1-17-5-8-12-9(14-13-8)6-2-3-7(10(15)16)11-4-6/h2-4H,5H2,1H3,(H,15,16). The van der Waals surface area contributed by atoms with Gasteiger partial charge in [-0.2, -0.15) is 0 Å². The van der Waals surface area contributed by atoms with Crippen molar-refractivity contribution in [2.75, 3.05) is 13.7 Å². The molecule has 17 heavy (non-hydrogen) atoms. The highest BCUT2D eigenvalue weighted by Gasteiger charge is 2.16. The van der Waals surface area contributed by atoms with E-state index < -0.39 is 5.97 Å². The number of aromatic nitrogens is 1. The summed E-state index contributed by atoms with van der Waals surface area (Å²) in [5.74, 6) is -0.190. The number of hydrogen-bond donors (Lipinski definition) is 1. The number of ether oxygens (including phenoxy) is 1. The molecule has 1 radical (unpaired) electrons. The maximum atomic E-state index is 10.6. The van der Waals surface area contributed by atoms with Crippen molar-refractivity contribution in [3.05, 3.63) is 29.6 Å². The van der Waals surface area contributed by atoms with E-state index in [0.717, 1.165) is 0 Å². The normalized spacial score (nSPS) is 13.9. The van der Waals surface area contributed by atoms with Crippen molar-refractivity contribution >= 4 is 17.6 Å². The van der Waals surface area contributed by atoms with Crippen LogP contribution >= 0.6 is 0 Å². The van der Waals surface area contributed by atoms with Crippen LogP contribution in [0.1, 0.15) is 16.1 Å². The Morgan fingerprint density at radius 3 is 2.82 bits per heavy atom. The van der Waals surface area contributed by atoms with Crippen molar-refractivity contribution in [2.45, 2.75) is 0 Å². The summed E-state index contributed by atoms with van der Waals surface area (Å²) >= 11 is 0. The number of nitrogens with zero attached hydrogens (tertiary/aromatic N) is 4. The molecule has 1 aliphatic heterocycles. The van der Waals surface area contributed by atoms with E-state index in [1.807, 2.05) is 0 Å². The van der Waals surface area contributed by atoms with Crippen molar-refractivity contribution in [1.82, 2.24) is 10.3 Å². The molecular formula is C10H9N4O3.